The van der Waals surface area contributed by atoms with Crippen LogP contribution in [0.3, 0.4) is 0 Å². The summed E-state index contributed by atoms with van der Waals surface area (Å²) in [5.41, 5.74) is 0.389. The number of carbonyl (C=O) groups is 1. The molecule has 4 aliphatic rings. The summed E-state index contributed by atoms with van der Waals surface area (Å²) < 4.78 is 32.1. The number of anilines is 2. The molecule has 0 atom stereocenters. The fourth-order valence-corrected chi connectivity index (χ4v) is 5.41. The van der Waals surface area contributed by atoms with Gasteiger partial charge in [0.15, 0.2) is 17.3 Å². The van der Waals surface area contributed by atoms with Gasteiger partial charge in [0.05, 0.1) is 19.2 Å². The molecule has 178 valence electrons. The third-order valence-electron chi connectivity index (χ3n) is 7.54. The van der Waals surface area contributed by atoms with Gasteiger partial charge < -0.3 is 24.1 Å². The Morgan fingerprint density at radius 3 is 2.58 bits per heavy atom. The standard InChI is InChI=1S/C25H32FN3O4/c1-4-20-22(28-24(33-20)29-13-25(5-2,14-29)31-3)23(30)27-17-6-7-21(19(26)12-17)32-18-10-15-8-16(9-15)11-18/h6-7,12,15-16,18H,4-5,8-11,13-14H2,1-3H3,(H,27,30). The summed E-state index contributed by atoms with van der Waals surface area (Å²) in [4.78, 5) is 19.3. The lowest BCUT2D eigenvalue weighted by Gasteiger charge is -2.47. The topological polar surface area (TPSA) is 76.8 Å². The van der Waals surface area contributed by atoms with Crippen molar-refractivity contribution in [2.45, 2.75) is 64.1 Å². The Morgan fingerprint density at radius 1 is 1.24 bits per heavy atom. The fourth-order valence-electron chi connectivity index (χ4n) is 5.41. The number of rotatable bonds is 8. The smallest absolute Gasteiger partial charge is 0.298 e. The van der Waals surface area contributed by atoms with Crippen LogP contribution in [0.1, 0.15) is 62.2 Å². The van der Waals surface area contributed by atoms with E-state index < -0.39 is 11.7 Å². The number of nitrogens with one attached hydrogen (secondary N) is 1. The van der Waals surface area contributed by atoms with Gasteiger partial charge in [0.1, 0.15) is 11.4 Å². The largest absolute Gasteiger partial charge is 0.487 e. The Balaban J connectivity index is 1.24. The average molecular weight is 458 g/mol. The van der Waals surface area contributed by atoms with Gasteiger partial charge in [-0.3, -0.25) is 4.79 Å². The number of nitrogens with zero attached hydrogens (tertiary/aromatic N) is 2. The predicted octanol–water partition coefficient (Wildman–Crippen LogP) is 4.81. The van der Waals surface area contributed by atoms with Gasteiger partial charge in [-0.1, -0.05) is 13.8 Å². The SMILES string of the molecule is CCc1oc(N2CC(CC)(OC)C2)nc1C(=O)Nc1ccc(OC2CC3CC(C3)C2)c(F)c1. The molecule has 2 aromatic rings. The molecule has 1 N–H and O–H groups in total. The van der Waals surface area contributed by atoms with Crippen molar-refractivity contribution in [3.8, 4) is 5.75 Å². The van der Waals surface area contributed by atoms with E-state index >= 15 is 0 Å². The van der Waals surface area contributed by atoms with Crippen molar-refractivity contribution >= 4 is 17.6 Å². The third kappa shape index (κ3) is 4.21. The first-order chi connectivity index (χ1) is 15.9. The summed E-state index contributed by atoms with van der Waals surface area (Å²) in [5, 5.41) is 2.75. The second-order valence-corrected chi connectivity index (χ2v) is 9.73. The second-order valence-electron chi connectivity index (χ2n) is 9.73. The zero-order valence-electron chi connectivity index (χ0n) is 19.5. The number of amides is 1. The van der Waals surface area contributed by atoms with E-state index in [1.54, 1.807) is 19.2 Å². The number of hydrogen-bond acceptors (Lipinski definition) is 6. The lowest BCUT2D eigenvalue weighted by atomic mass is 9.64. The number of fused-ring (bicyclic) bond motifs is 2. The van der Waals surface area contributed by atoms with Crippen LogP contribution in [-0.4, -0.2) is 42.8 Å². The maximum atomic E-state index is 14.7. The first-order valence-electron chi connectivity index (χ1n) is 12.0. The van der Waals surface area contributed by atoms with Crippen LogP contribution < -0.4 is 15.0 Å². The van der Waals surface area contributed by atoms with Crippen molar-refractivity contribution in [3.05, 3.63) is 35.5 Å². The first-order valence-corrected chi connectivity index (χ1v) is 12.0. The van der Waals surface area contributed by atoms with Gasteiger partial charge >= 0.3 is 0 Å². The second kappa shape index (κ2) is 8.63. The van der Waals surface area contributed by atoms with E-state index in [2.05, 4.69) is 17.2 Å². The summed E-state index contributed by atoms with van der Waals surface area (Å²) in [6.45, 7) is 5.32. The molecule has 0 radical (unpaired) electrons. The van der Waals surface area contributed by atoms with Crippen molar-refractivity contribution in [2.75, 3.05) is 30.4 Å². The number of ether oxygens (including phenoxy) is 2. The number of aryl methyl sites for hydroxylation is 1. The van der Waals surface area contributed by atoms with E-state index in [1.807, 2.05) is 11.8 Å². The Hall–Kier alpha value is -2.61. The molecule has 3 saturated carbocycles. The number of aromatic nitrogens is 1. The molecule has 4 fully saturated rings. The summed E-state index contributed by atoms with van der Waals surface area (Å²) in [7, 11) is 1.71. The highest BCUT2D eigenvalue weighted by Gasteiger charge is 2.44. The third-order valence-corrected chi connectivity index (χ3v) is 7.54. The molecule has 3 aliphatic carbocycles. The van der Waals surface area contributed by atoms with Crippen LogP contribution in [0.25, 0.3) is 0 Å². The fraction of sp³-hybridized carbons (Fsp3) is 0.600. The summed E-state index contributed by atoms with van der Waals surface area (Å²) in [6, 6.07) is 4.97. The lowest BCUT2D eigenvalue weighted by molar-refractivity contribution is -0.0379. The van der Waals surface area contributed by atoms with Gasteiger partial charge in [-0.25, -0.2) is 4.39 Å². The van der Waals surface area contributed by atoms with E-state index in [0.29, 0.717) is 37.0 Å². The van der Waals surface area contributed by atoms with Gasteiger partial charge in [-0.2, -0.15) is 4.98 Å². The van der Waals surface area contributed by atoms with Crippen molar-refractivity contribution in [2.24, 2.45) is 11.8 Å². The van der Waals surface area contributed by atoms with Crippen molar-refractivity contribution in [3.63, 3.8) is 0 Å². The molecule has 2 bridgehead atoms. The van der Waals surface area contributed by atoms with Gasteiger partial charge in [-0.05, 0) is 56.1 Å². The van der Waals surface area contributed by atoms with Crippen LogP contribution in [0.2, 0.25) is 0 Å². The van der Waals surface area contributed by atoms with Crippen LogP contribution in [0.15, 0.2) is 22.6 Å². The summed E-state index contributed by atoms with van der Waals surface area (Å²) >= 11 is 0. The van der Waals surface area contributed by atoms with Crippen molar-refractivity contribution < 1.29 is 23.1 Å². The molecule has 6 rings (SSSR count). The van der Waals surface area contributed by atoms with Crippen molar-refractivity contribution in [1.82, 2.24) is 4.98 Å². The molecule has 2 heterocycles. The Kier molecular flexibility index (Phi) is 5.80. The quantitative estimate of drug-likeness (QED) is 0.613. The zero-order valence-corrected chi connectivity index (χ0v) is 19.5. The Labute approximate surface area is 193 Å². The number of carbonyl (C=O) groups excluding carboxylic acids is 1. The summed E-state index contributed by atoms with van der Waals surface area (Å²) in [6.07, 6.45) is 6.09. The Bertz CT molecular complexity index is 1010. The highest BCUT2D eigenvalue weighted by Crippen LogP contribution is 2.46. The molecule has 7 nitrogen and oxygen atoms in total. The number of hydrogen-bond donors (Lipinski definition) is 1. The van der Waals surface area contributed by atoms with E-state index in [4.69, 9.17) is 13.9 Å². The minimum atomic E-state index is -0.473. The van der Waals surface area contributed by atoms with E-state index in [0.717, 1.165) is 31.1 Å². The van der Waals surface area contributed by atoms with Gasteiger partial charge in [0.25, 0.3) is 11.9 Å². The zero-order chi connectivity index (χ0) is 23.2. The van der Waals surface area contributed by atoms with Crippen molar-refractivity contribution in [1.29, 1.82) is 0 Å². The van der Waals surface area contributed by atoms with Crippen LogP contribution >= 0.6 is 0 Å². The molecule has 1 aromatic heterocycles. The molecule has 0 spiro atoms. The maximum absolute atomic E-state index is 14.7. The lowest BCUT2D eigenvalue weighted by Crippen LogP contribution is -2.62. The minimum Gasteiger partial charge on any atom is -0.487 e. The highest BCUT2D eigenvalue weighted by molar-refractivity contribution is 6.03. The minimum absolute atomic E-state index is 0.0872. The molecule has 33 heavy (non-hydrogen) atoms. The average Bonchev–Trinajstić information content (AvgIpc) is 3.20. The molecule has 0 unspecified atom stereocenters. The number of oxazole rings is 1. The highest BCUT2D eigenvalue weighted by atomic mass is 19.1. The molecule has 1 saturated heterocycles. The van der Waals surface area contributed by atoms with Gasteiger partial charge in [0.2, 0.25) is 0 Å². The summed E-state index contributed by atoms with van der Waals surface area (Å²) in [5.74, 6) is 1.33. The van der Waals surface area contributed by atoms with E-state index in [1.165, 1.54) is 18.9 Å². The van der Waals surface area contributed by atoms with Crippen LogP contribution in [0.5, 0.6) is 5.75 Å². The normalized spacial score (nSPS) is 25.2. The van der Waals surface area contributed by atoms with Crippen LogP contribution in [0, 0.1) is 17.7 Å². The van der Waals surface area contributed by atoms with Gasteiger partial charge in [-0.15, -0.1) is 0 Å². The van der Waals surface area contributed by atoms with E-state index in [9.17, 15) is 9.18 Å². The molecule has 1 aliphatic heterocycles. The molecule has 1 amide bonds. The maximum Gasteiger partial charge on any atom is 0.298 e. The van der Waals surface area contributed by atoms with Crippen LogP contribution in [0.4, 0.5) is 16.1 Å². The van der Waals surface area contributed by atoms with Gasteiger partial charge in [0, 0.05) is 25.3 Å². The first kappa shape index (κ1) is 22.2. The number of methoxy groups -OCH3 is 1. The molecule has 1 aromatic carbocycles. The molecule has 8 heteroatoms. The van der Waals surface area contributed by atoms with Crippen LogP contribution in [-0.2, 0) is 11.2 Å². The van der Waals surface area contributed by atoms with E-state index in [-0.39, 0.29) is 23.1 Å². The predicted molar refractivity (Wildman–Crippen MR) is 122 cm³/mol. The number of halogens is 1. The Morgan fingerprint density at radius 2 is 1.97 bits per heavy atom. The number of benzene rings is 1. The molecular weight excluding hydrogens is 425 g/mol. The monoisotopic (exact) mass is 457 g/mol. The molecular formula is C25H32FN3O4.